The first-order valence-corrected chi connectivity index (χ1v) is 8.67. The second kappa shape index (κ2) is 7.63. The van der Waals surface area contributed by atoms with Crippen LogP contribution in [0, 0.1) is 0 Å². The Kier molecular flexibility index (Phi) is 4.90. The highest BCUT2D eigenvalue weighted by atomic mass is 16.5. The van der Waals surface area contributed by atoms with Crippen LogP contribution in [0.2, 0.25) is 0 Å². The molecule has 3 heterocycles. The lowest BCUT2D eigenvalue weighted by atomic mass is 10.1. The molecule has 0 amide bonds. The summed E-state index contributed by atoms with van der Waals surface area (Å²) in [6.07, 6.45) is 4.75. The van der Waals surface area contributed by atoms with Gasteiger partial charge in [-0.05, 0) is 5.56 Å². The third kappa shape index (κ3) is 3.44. The molecule has 0 bridgehead atoms. The first-order valence-electron chi connectivity index (χ1n) is 8.67. The van der Waals surface area contributed by atoms with Gasteiger partial charge < -0.3 is 9.47 Å². The predicted octanol–water partition coefficient (Wildman–Crippen LogP) is 1.47. The first kappa shape index (κ1) is 16.7. The van der Waals surface area contributed by atoms with Gasteiger partial charge in [0.25, 0.3) is 5.56 Å². The molecule has 0 aliphatic carbocycles. The first-order chi connectivity index (χ1) is 12.8. The molecule has 0 atom stereocenters. The van der Waals surface area contributed by atoms with Gasteiger partial charge in [0.15, 0.2) is 5.65 Å². The maximum absolute atomic E-state index is 13.0. The van der Waals surface area contributed by atoms with E-state index >= 15 is 0 Å². The van der Waals surface area contributed by atoms with Gasteiger partial charge in [-0.25, -0.2) is 0 Å². The number of rotatable bonds is 5. The van der Waals surface area contributed by atoms with Gasteiger partial charge in [0.2, 0.25) is 5.88 Å². The number of benzene rings is 1. The Bertz CT molecular complexity index is 936. The molecule has 1 fully saturated rings. The zero-order chi connectivity index (χ0) is 17.8. The Hall–Kier alpha value is -2.77. The molecule has 7 nitrogen and oxygen atoms in total. The summed E-state index contributed by atoms with van der Waals surface area (Å²) < 4.78 is 12.8. The van der Waals surface area contributed by atoms with Crippen LogP contribution in [-0.4, -0.2) is 58.7 Å². The number of ether oxygens (including phenoxy) is 2. The quantitative estimate of drug-likeness (QED) is 0.693. The van der Waals surface area contributed by atoms with Crippen molar-refractivity contribution in [1.29, 1.82) is 0 Å². The van der Waals surface area contributed by atoms with E-state index in [0.717, 1.165) is 38.4 Å². The van der Waals surface area contributed by atoms with Crippen molar-refractivity contribution in [2.24, 2.45) is 0 Å². The second-order valence-electron chi connectivity index (χ2n) is 6.07. The summed E-state index contributed by atoms with van der Waals surface area (Å²) >= 11 is 0. The summed E-state index contributed by atoms with van der Waals surface area (Å²) in [5.74, 6) is 0.349. The van der Waals surface area contributed by atoms with Gasteiger partial charge in [-0.2, -0.15) is 4.98 Å². The topological polar surface area (TPSA) is 69.0 Å². The highest BCUT2D eigenvalue weighted by molar-refractivity contribution is 5.69. The SMILES string of the molecule is O=c1c(-c2ccccc2)c(OCCN2CCOCC2)nc2cnccn12. The van der Waals surface area contributed by atoms with Crippen LogP contribution in [0.4, 0.5) is 0 Å². The van der Waals surface area contributed by atoms with Crippen LogP contribution < -0.4 is 10.3 Å². The number of fused-ring (bicyclic) bond motifs is 1. The van der Waals surface area contributed by atoms with E-state index in [-0.39, 0.29) is 5.56 Å². The number of hydrogen-bond donors (Lipinski definition) is 0. The highest BCUT2D eigenvalue weighted by Crippen LogP contribution is 2.25. The molecule has 7 heteroatoms. The van der Waals surface area contributed by atoms with Crippen LogP contribution in [0.1, 0.15) is 0 Å². The van der Waals surface area contributed by atoms with E-state index in [4.69, 9.17) is 9.47 Å². The number of morpholine rings is 1. The minimum absolute atomic E-state index is 0.162. The van der Waals surface area contributed by atoms with Gasteiger partial charge in [-0.1, -0.05) is 30.3 Å². The van der Waals surface area contributed by atoms with Gasteiger partial charge in [0, 0.05) is 32.0 Å². The van der Waals surface area contributed by atoms with Crippen molar-refractivity contribution in [3.63, 3.8) is 0 Å². The summed E-state index contributed by atoms with van der Waals surface area (Å²) in [5.41, 5.74) is 1.57. The Morgan fingerprint density at radius 3 is 2.77 bits per heavy atom. The van der Waals surface area contributed by atoms with Crippen LogP contribution in [0.15, 0.2) is 53.7 Å². The molecule has 2 aromatic heterocycles. The smallest absolute Gasteiger partial charge is 0.269 e. The summed E-state index contributed by atoms with van der Waals surface area (Å²) in [7, 11) is 0. The second-order valence-corrected chi connectivity index (χ2v) is 6.07. The fourth-order valence-corrected chi connectivity index (χ4v) is 3.03. The van der Waals surface area contributed by atoms with E-state index in [1.165, 1.54) is 4.40 Å². The van der Waals surface area contributed by atoms with Crippen molar-refractivity contribution >= 4 is 5.65 Å². The number of nitrogens with zero attached hydrogens (tertiary/aromatic N) is 4. The maximum Gasteiger partial charge on any atom is 0.269 e. The van der Waals surface area contributed by atoms with Crippen molar-refractivity contribution in [2.75, 3.05) is 39.5 Å². The van der Waals surface area contributed by atoms with Crippen molar-refractivity contribution < 1.29 is 9.47 Å². The van der Waals surface area contributed by atoms with Crippen molar-refractivity contribution in [1.82, 2.24) is 19.3 Å². The molecule has 0 radical (unpaired) electrons. The van der Waals surface area contributed by atoms with Crippen molar-refractivity contribution in [3.8, 4) is 17.0 Å². The molecule has 0 unspecified atom stereocenters. The molecule has 1 aliphatic heterocycles. The van der Waals surface area contributed by atoms with Crippen LogP contribution >= 0.6 is 0 Å². The lowest BCUT2D eigenvalue weighted by Crippen LogP contribution is -2.38. The molecule has 0 saturated carbocycles. The zero-order valence-corrected chi connectivity index (χ0v) is 14.4. The molecule has 1 aliphatic rings. The van der Waals surface area contributed by atoms with E-state index in [1.54, 1.807) is 18.6 Å². The lowest BCUT2D eigenvalue weighted by Gasteiger charge is -2.26. The highest BCUT2D eigenvalue weighted by Gasteiger charge is 2.17. The third-order valence-corrected chi connectivity index (χ3v) is 4.41. The average molecular weight is 352 g/mol. The minimum atomic E-state index is -0.162. The Morgan fingerprint density at radius 1 is 1.15 bits per heavy atom. The standard InChI is InChI=1S/C19H20N4O3/c24-19-17(15-4-2-1-3-5-15)18(21-16-14-20-6-7-23(16)19)26-13-10-22-8-11-25-12-9-22/h1-7,14H,8-13H2. The maximum atomic E-state index is 13.0. The fraction of sp³-hybridized carbons (Fsp3) is 0.316. The van der Waals surface area contributed by atoms with Crippen molar-refractivity contribution in [2.45, 2.75) is 0 Å². The fourth-order valence-electron chi connectivity index (χ4n) is 3.03. The summed E-state index contributed by atoms with van der Waals surface area (Å²) in [6.45, 7) is 4.51. The Labute approximate surface area is 150 Å². The number of hydrogen-bond acceptors (Lipinski definition) is 6. The minimum Gasteiger partial charge on any atom is -0.476 e. The Balaban J connectivity index is 1.66. The van der Waals surface area contributed by atoms with Crippen molar-refractivity contribution in [3.05, 3.63) is 59.3 Å². The van der Waals surface area contributed by atoms with Gasteiger partial charge in [-0.3, -0.25) is 19.1 Å². The van der Waals surface area contributed by atoms with Crippen LogP contribution in [0.5, 0.6) is 5.88 Å². The molecule has 1 aromatic carbocycles. The van der Waals surface area contributed by atoms with E-state index in [1.807, 2.05) is 30.3 Å². The summed E-state index contributed by atoms with van der Waals surface area (Å²) in [5, 5.41) is 0. The molecule has 3 aromatic rings. The van der Waals surface area contributed by atoms with Gasteiger partial charge in [-0.15, -0.1) is 0 Å². The average Bonchev–Trinajstić information content (AvgIpc) is 2.70. The van der Waals surface area contributed by atoms with Gasteiger partial charge in [0.1, 0.15) is 12.2 Å². The lowest BCUT2D eigenvalue weighted by molar-refractivity contribution is 0.0320. The summed E-state index contributed by atoms with van der Waals surface area (Å²) in [4.78, 5) is 23.9. The van der Waals surface area contributed by atoms with Gasteiger partial charge >= 0.3 is 0 Å². The van der Waals surface area contributed by atoms with E-state index in [9.17, 15) is 4.79 Å². The normalized spacial score (nSPS) is 15.2. The van der Waals surface area contributed by atoms with E-state index < -0.39 is 0 Å². The van der Waals surface area contributed by atoms with Gasteiger partial charge in [0.05, 0.1) is 19.4 Å². The molecular weight excluding hydrogens is 332 g/mol. The molecule has 4 rings (SSSR count). The van der Waals surface area contributed by atoms with Crippen LogP contribution in [0.3, 0.4) is 0 Å². The molecule has 26 heavy (non-hydrogen) atoms. The molecule has 0 spiro atoms. The Morgan fingerprint density at radius 2 is 1.96 bits per heavy atom. The zero-order valence-electron chi connectivity index (χ0n) is 14.4. The van der Waals surface area contributed by atoms with Crippen LogP contribution in [-0.2, 0) is 4.74 Å². The molecular formula is C19H20N4O3. The largest absolute Gasteiger partial charge is 0.476 e. The molecule has 1 saturated heterocycles. The van der Waals surface area contributed by atoms with Crippen LogP contribution in [0.25, 0.3) is 16.8 Å². The summed E-state index contributed by atoms with van der Waals surface area (Å²) in [6, 6.07) is 9.49. The monoisotopic (exact) mass is 352 g/mol. The number of aromatic nitrogens is 3. The predicted molar refractivity (Wildman–Crippen MR) is 97.4 cm³/mol. The van der Waals surface area contributed by atoms with E-state index in [2.05, 4.69) is 14.9 Å². The molecule has 134 valence electrons. The van der Waals surface area contributed by atoms with E-state index in [0.29, 0.717) is 23.7 Å². The third-order valence-electron chi connectivity index (χ3n) is 4.41. The molecule has 0 N–H and O–H groups in total.